The molecule has 1 heterocycles. The maximum atomic E-state index is 11.8. The number of benzene rings is 1. The molecule has 6 heteroatoms. The molecule has 1 aromatic carbocycles. The summed E-state index contributed by atoms with van der Waals surface area (Å²) >= 11 is 1.61. The number of ether oxygens (including phenoxy) is 2. The van der Waals surface area contributed by atoms with Gasteiger partial charge in [-0.05, 0) is 25.7 Å². The van der Waals surface area contributed by atoms with Gasteiger partial charge in [0, 0.05) is 12.3 Å². The number of carbonyl (C=O) groups is 1. The maximum absolute atomic E-state index is 11.8. The first-order valence-corrected chi connectivity index (χ1v) is 8.66. The van der Waals surface area contributed by atoms with Gasteiger partial charge in [-0.2, -0.15) is 11.8 Å². The Morgan fingerprint density at radius 2 is 2.14 bits per heavy atom. The number of carboxylic acid groups (broad SMARTS) is 1. The smallest absolute Gasteiger partial charge is 0.407 e. The molecule has 1 amide bonds. The Labute approximate surface area is 135 Å². The van der Waals surface area contributed by atoms with E-state index in [1.807, 2.05) is 50.4 Å². The fourth-order valence-electron chi connectivity index (χ4n) is 2.58. The highest BCUT2D eigenvalue weighted by atomic mass is 32.2. The van der Waals surface area contributed by atoms with Gasteiger partial charge in [-0.3, -0.25) is 4.90 Å². The van der Waals surface area contributed by atoms with Crippen LogP contribution in [-0.4, -0.2) is 52.6 Å². The van der Waals surface area contributed by atoms with Crippen molar-refractivity contribution in [2.24, 2.45) is 0 Å². The normalized spacial score (nSPS) is 21.5. The van der Waals surface area contributed by atoms with Gasteiger partial charge in [0.2, 0.25) is 0 Å². The standard InChI is InChI=1S/C16H23NO4S/c1-16(2)20-10-14(21-16)13(11-22-3)17(15(18)19)9-12-7-5-4-6-8-12/h4-8,13-14H,9-11H2,1-3H3,(H,18,19)/t13-,14-/m0/s1. The van der Waals surface area contributed by atoms with Gasteiger partial charge in [0.1, 0.15) is 6.10 Å². The van der Waals surface area contributed by atoms with E-state index < -0.39 is 11.9 Å². The predicted octanol–water partition coefficient (Wildman–Crippen LogP) is 3.05. The molecule has 0 aliphatic carbocycles. The first-order valence-electron chi connectivity index (χ1n) is 7.27. The quantitative estimate of drug-likeness (QED) is 0.871. The molecule has 2 atom stereocenters. The number of rotatable bonds is 6. The topological polar surface area (TPSA) is 59.0 Å². The lowest BCUT2D eigenvalue weighted by Gasteiger charge is -2.33. The van der Waals surface area contributed by atoms with Crippen molar-refractivity contribution in [2.45, 2.75) is 38.3 Å². The Morgan fingerprint density at radius 1 is 1.45 bits per heavy atom. The molecule has 2 rings (SSSR count). The lowest BCUT2D eigenvalue weighted by Crippen LogP contribution is -2.49. The molecule has 0 saturated carbocycles. The number of hydrogen-bond acceptors (Lipinski definition) is 4. The van der Waals surface area contributed by atoms with E-state index in [9.17, 15) is 9.90 Å². The van der Waals surface area contributed by atoms with E-state index in [-0.39, 0.29) is 12.1 Å². The Balaban J connectivity index is 2.17. The SMILES string of the molecule is CSC[C@@H]([C@@H]1COC(C)(C)O1)N(Cc1ccccc1)C(=O)O. The van der Waals surface area contributed by atoms with Gasteiger partial charge in [-0.15, -0.1) is 0 Å². The van der Waals surface area contributed by atoms with Gasteiger partial charge < -0.3 is 14.6 Å². The van der Waals surface area contributed by atoms with E-state index in [4.69, 9.17) is 9.47 Å². The minimum Gasteiger partial charge on any atom is -0.465 e. The first-order chi connectivity index (χ1) is 10.4. The van der Waals surface area contributed by atoms with Crippen LogP contribution < -0.4 is 0 Å². The van der Waals surface area contributed by atoms with Crippen LogP contribution in [0.3, 0.4) is 0 Å². The third-order valence-corrected chi connectivity index (χ3v) is 4.31. The van der Waals surface area contributed by atoms with Crippen molar-refractivity contribution in [1.82, 2.24) is 4.90 Å². The van der Waals surface area contributed by atoms with Crippen molar-refractivity contribution in [1.29, 1.82) is 0 Å². The highest BCUT2D eigenvalue weighted by molar-refractivity contribution is 7.98. The van der Waals surface area contributed by atoms with Crippen LogP contribution in [0.4, 0.5) is 4.79 Å². The second kappa shape index (κ2) is 7.35. The predicted molar refractivity (Wildman–Crippen MR) is 87.1 cm³/mol. The fraction of sp³-hybridized carbons (Fsp3) is 0.562. The van der Waals surface area contributed by atoms with Crippen LogP contribution in [0, 0.1) is 0 Å². The average molecular weight is 325 g/mol. The largest absolute Gasteiger partial charge is 0.465 e. The van der Waals surface area contributed by atoms with Gasteiger partial charge in [0.05, 0.1) is 12.6 Å². The van der Waals surface area contributed by atoms with Gasteiger partial charge in [-0.1, -0.05) is 30.3 Å². The third kappa shape index (κ3) is 4.38. The van der Waals surface area contributed by atoms with Crippen LogP contribution >= 0.6 is 11.8 Å². The maximum Gasteiger partial charge on any atom is 0.407 e. The van der Waals surface area contributed by atoms with Gasteiger partial charge in [-0.25, -0.2) is 4.79 Å². The summed E-state index contributed by atoms with van der Waals surface area (Å²) in [6.45, 7) is 4.47. The zero-order valence-corrected chi connectivity index (χ0v) is 14.0. The van der Waals surface area contributed by atoms with Crippen LogP contribution in [0.1, 0.15) is 19.4 Å². The summed E-state index contributed by atoms with van der Waals surface area (Å²) in [5.74, 6) is 0.0154. The Hall–Kier alpha value is -1.24. The van der Waals surface area contributed by atoms with Gasteiger partial charge >= 0.3 is 6.09 Å². The lowest BCUT2D eigenvalue weighted by atomic mass is 10.1. The van der Waals surface area contributed by atoms with Crippen molar-refractivity contribution in [3.05, 3.63) is 35.9 Å². The number of nitrogens with zero attached hydrogens (tertiary/aromatic N) is 1. The second-order valence-corrected chi connectivity index (χ2v) is 6.70. The summed E-state index contributed by atoms with van der Waals surface area (Å²) in [6.07, 6.45) is 0.787. The monoisotopic (exact) mass is 325 g/mol. The van der Waals surface area contributed by atoms with Crippen LogP contribution in [0.25, 0.3) is 0 Å². The van der Waals surface area contributed by atoms with Crippen LogP contribution in [0.15, 0.2) is 30.3 Å². The highest BCUT2D eigenvalue weighted by Gasteiger charge is 2.40. The lowest BCUT2D eigenvalue weighted by molar-refractivity contribution is -0.144. The van der Waals surface area contributed by atoms with Gasteiger partial charge in [0.25, 0.3) is 0 Å². The van der Waals surface area contributed by atoms with E-state index in [1.165, 1.54) is 4.90 Å². The van der Waals surface area contributed by atoms with E-state index in [2.05, 4.69) is 0 Å². The molecular formula is C16H23NO4S. The van der Waals surface area contributed by atoms with E-state index >= 15 is 0 Å². The van der Waals surface area contributed by atoms with E-state index in [1.54, 1.807) is 11.8 Å². The first kappa shape index (κ1) is 17.1. The molecule has 1 N–H and O–H groups in total. The molecule has 122 valence electrons. The summed E-state index contributed by atoms with van der Waals surface area (Å²) in [6, 6.07) is 9.37. The van der Waals surface area contributed by atoms with Crippen molar-refractivity contribution in [3.8, 4) is 0 Å². The molecular weight excluding hydrogens is 302 g/mol. The summed E-state index contributed by atoms with van der Waals surface area (Å²) in [5.41, 5.74) is 0.967. The third-order valence-electron chi connectivity index (χ3n) is 3.64. The van der Waals surface area contributed by atoms with Crippen LogP contribution in [-0.2, 0) is 16.0 Å². The molecule has 1 aliphatic rings. The Morgan fingerprint density at radius 3 is 2.64 bits per heavy atom. The highest BCUT2D eigenvalue weighted by Crippen LogP contribution is 2.28. The van der Waals surface area contributed by atoms with E-state index in [0.717, 1.165) is 5.56 Å². The second-order valence-electron chi connectivity index (χ2n) is 5.79. The van der Waals surface area contributed by atoms with Crippen LogP contribution in [0.2, 0.25) is 0 Å². The fourth-order valence-corrected chi connectivity index (χ4v) is 3.32. The molecule has 1 fully saturated rings. The molecule has 22 heavy (non-hydrogen) atoms. The molecule has 0 aromatic heterocycles. The van der Waals surface area contributed by atoms with Gasteiger partial charge in [0.15, 0.2) is 5.79 Å². The van der Waals surface area contributed by atoms with Crippen molar-refractivity contribution in [3.63, 3.8) is 0 Å². The summed E-state index contributed by atoms with van der Waals surface area (Å²) in [4.78, 5) is 13.2. The molecule has 5 nitrogen and oxygen atoms in total. The average Bonchev–Trinajstić information content (AvgIpc) is 2.83. The molecule has 1 aromatic rings. The Kier molecular flexibility index (Phi) is 5.72. The summed E-state index contributed by atoms with van der Waals surface area (Å²) < 4.78 is 11.5. The zero-order chi connectivity index (χ0) is 16.2. The molecule has 0 radical (unpaired) electrons. The van der Waals surface area contributed by atoms with Crippen LogP contribution in [0.5, 0.6) is 0 Å². The molecule has 1 aliphatic heterocycles. The number of amides is 1. The molecule has 1 saturated heterocycles. The van der Waals surface area contributed by atoms with Crippen molar-refractivity contribution >= 4 is 17.9 Å². The molecule has 0 bridgehead atoms. The Bertz CT molecular complexity index is 494. The number of hydrogen-bond donors (Lipinski definition) is 1. The number of thioether (sulfide) groups is 1. The minimum absolute atomic E-state index is 0.241. The van der Waals surface area contributed by atoms with Crippen molar-refractivity contribution in [2.75, 3.05) is 18.6 Å². The van der Waals surface area contributed by atoms with Crippen molar-refractivity contribution < 1.29 is 19.4 Å². The summed E-state index contributed by atoms with van der Waals surface area (Å²) in [5, 5.41) is 9.64. The molecule has 0 unspecified atom stereocenters. The van der Waals surface area contributed by atoms with E-state index in [0.29, 0.717) is 18.9 Å². The zero-order valence-electron chi connectivity index (χ0n) is 13.2. The minimum atomic E-state index is -0.934. The molecule has 0 spiro atoms. The summed E-state index contributed by atoms with van der Waals surface area (Å²) in [7, 11) is 0.